The predicted octanol–water partition coefficient (Wildman–Crippen LogP) is 6.39. The first-order valence-electron chi connectivity index (χ1n) is 13.2. The van der Waals surface area contributed by atoms with Gasteiger partial charge in [-0.2, -0.15) is 0 Å². The van der Waals surface area contributed by atoms with E-state index < -0.39 is 11.5 Å². The number of aryl methyl sites for hydroxylation is 2. The molecule has 1 fully saturated rings. The molecule has 196 valence electrons. The summed E-state index contributed by atoms with van der Waals surface area (Å²) in [5.74, 6) is 5.11. The van der Waals surface area contributed by atoms with Gasteiger partial charge in [0.1, 0.15) is 6.54 Å². The maximum absolute atomic E-state index is 12.8. The van der Waals surface area contributed by atoms with Gasteiger partial charge in [0, 0.05) is 23.6 Å². The molecule has 1 aliphatic carbocycles. The molecule has 0 saturated heterocycles. The fraction of sp³-hybridized carbons (Fsp3) is 0.484. The molecule has 1 amide bonds. The van der Waals surface area contributed by atoms with Crippen LogP contribution in [0.25, 0.3) is 0 Å². The van der Waals surface area contributed by atoms with Gasteiger partial charge in [-0.1, -0.05) is 61.6 Å². The lowest BCUT2D eigenvalue weighted by molar-refractivity contribution is -0.137. The normalized spacial score (nSPS) is 14.8. The van der Waals surface area contributed by atoms with E-state index in [0.29, 0.717) is 5.56 Å². The number of carbonyl (C=O) groups excluding carboxylic acids is 1. The Kier molecular flexibility index (Phi) is 8.91. The maximum atomic E-state index is 12.8. The number of likely N-dealkylation sites (N-methyl/N-ethyl adjacent to an activating group) is 1. The van der Waals surface area contributed by atoms with Gasteiger partial charge in [0.15, 0.2) is 5.54 Å². The maximum Gasteiger partial charge on any atom is 0.323 e. The third-order valence-electron chi connectivity index (χ3n) is 8.00. The van der Waals surface area contributed by atoms with E-state index in [4.69, 9.17) is 5.11 Å². The van der Waals surface area contributed by atoms with Crippen molar-refractivity contribution in [3.8, 4) is 11.8 Å². The van der Waals surface area contributed by atoms with Gasteiger partial charge in [-0.3, -0.25) is 9.59 Å². The lowest BCUT2D eigenvalue weighted by Crippen LogP contribution is -2.32. The van der Waals surface area contributed by atoms with E-state index in [1.54, 1.807) is 0 Å². The lowest BCUT2D eigenvalue weighted by atomic mass is 9.69. The van der Waals surface area contributed by atoms with Gasteiger partial charge in [-0.05, 0) is 86.8 Å². The Morgan fingerprint density at radius 2 is 1.59 bits per heavy atom. The monoisotopic (exact) mass is 502 g/mol. The van der Waals surface area contributed by atoms with Crippen LogP contribution in [0.5, 0.6) is 0 Å². The minimum atomic E-state index is -1.04. The van der Waals surface area contributed by atoms with Crippen LogP contribution in [0, 0.1) is 30.6 Å². The Bertz CT molecular complexity index is 1230. The van der Waals surface area contributed by atoms with E-state index >= 15 is 0 Å². The fourth-order valence-corrected chi connectivity index (χ4v) is 5.58. The number of hydrogen-bond donors (Lipinski definition) is 1. The molecule has 0 bridgehead atoms. The van der Waals surface area contributed by atoms with Crippen molar-refractivity contribution in [3.63, 3.8) is 0 Å². The summed E-state index contributed by atoms with van der Waals surface area (Å²) < 4.78 is 0. The molecule has 0 unspecified atom stereocenters. The van der Waals surface area contributed by atoms with Crippen molar-refractivity contribution in [1.82, 2.24) is 4.90 Å². The average Bonchev–Trinajstić information content (AvgIpc) is 2.89. The molecule has 1 aliphatic rings. The van der Waals surface area contributed by atoms with Crippen molar-refractivity contribution >= 4 is 11.9 Å². The number of carboxylic acids is 1. The Labute approximate surface area is 220 Å². The second-order valence-corrected chi connectivity index (χ2v) is 10.3. The zero-order valence-corrected chi connectivity index (χ0v) is 22.7. The predicted molar refractivity (Wildman–Crippen MR) is 147 cm³/mol. The molecule has 1 N–H and O–H groups in total. The van der Waals surface area contributed by atoms with Gasteiger partial charge in [-0.25, -0.2) is 0 Å². The molecule has 1 saturated carbocycles. The topological polar surface area (TPSA) is 87.0 Å². The molecule has 3 rings (SSSR count). The van der Waals surface area contributed by atoms with Crippen molar-refractivity contribution in [1.29, 1.82) is 0 Å². The van der Waals surface area contributed by atoms with E-state index in [0.717, 1.165) is 67.2 Å². The number of nitroso groups, excluding NO2 is 1. The van der Waals surface area contributed by atoms with Crippen LogP contribution >= 0.6 is 0 Å². The molecule has 0 radical (unpaired) electrons. The van der Waals surface area contributed by atoms with Crippen LogP contribution in [0.2, 0.25) is 0 Å². The van der Waals surface area contributed by atoms with E-state index in [2.05, 4.69) is 56.0 Å². The van der Waals surface area contributed by atoms with E-state index in [1.165, 1.54) is 17.5 Å². The van der Waals surface area contributed by atoms with Crippen molar-refractivity contribution in [2.24, 2.45) is 5.18 Å². The smallest absolute Gasteiger partial charge is 0.323 e. The summed E-state index contributed by atoms with van der Waals surface area (Å²) in [5.41, 5.74) is 4.62. The van der Waals surface area contributed by atoms with Crippen LogP contribution in [0.4, 0.5) is 0 Å². The molecule has 0 atom stereocenters. The van der Waals surface area contributed by atoms with Crippen LogP contribution in [-0.4, -0.2) is 41.0 Å². The first-order chi connectivity index (χ1) is 17.6. The molecule has 0 spiro atoms. The summed E-state index contributed by atoms with van der Waals surface area (Å²) in [5, 5.41) is 12.5. The molecule has 0 aromatic heterocycles. The van der Waals surface area contributed by atoms with Crippen molar-refractivity contribution in [2.45, 2.75) is 83.6 Å². The quantitative estimate of drug-likeness (QED) is 0.335. The number of carbonyl (C=O) groups is 2. The van der Waals surface area contributed by atoms with E-state index in [9.17, 15) is 14.5 Å². The standard InChI is InChI=1S/C31H38N2O4/c1-6-31(7-2,26-13-14-27(23(4)20-26)29(36)33(5)21-28(34)35)25-12-11-24(22(3)19-25)15-18-30(32-37)16-9-8-10-17-30/h11-14,19-20H,6-10,16-17,21H2,1-5H3,(H,34,35). The number of nitrogens with zero attached hydrogens (tertiary/aromatic N) is 2. The van der Waals surface area contributed by atoms with Crippen LogP contribution in [0.3, 0.4) is 0 Å². The molecule has 37 heavy (non-hydrogen) atoms. The third-order valence-corrected chi connectivity index (χ3v) is 8.00. The minimum Gasteiger partial charge on any atom is -0.480 e. The van der Waals surface area contributed by atoms with Crippen LogP contribution in [0.15, 0.2) is 41.6 Å². The first-order valence-corrected chi connectivity index (χ1v) is 13.2. The molecule has 0 aliphatic heterocycles. The van der Waals surface area contributed by atoms with Crippen LogP contribution in [-0.2, 0) is 10.2 Å². The molecule has 0 heterocycles. The highest BCUT2D eigenvalue weighted by Crippen LogP contribution is 2.40. The fourth-order valence-electron chi connectivity index (χ4n) is 5.58. The second-order valence-electron chi connectivity index (χ2n) is 10.3. The number of amides is 1. The van der Waals surface area contributed by atoms with Crippen LogP contribution in [0.1, 0.15) is 97.0 Å². The van der Waals surface area contributed by atoms with Gasteiger partial charge in [0.05, 0.1) is 0 Å². The second kappa shape index (κ2) is 11.7. The van der Waals surface area contributed by atoms with E-state index in [1.807, 2.05) is 25.1 Å². The summed E-state index contributed by atoms with van der Waals surface area (Å²) in [4.78, 5) is 36.6. The van der Waals surface area contributed by atoms with Gasteiger partial charge >= 0.3 is 5.97 Å². The summed E-state index contributed by atoms with van der Waals surface area (Å²) in [7, 11) is 1.50. The first kappa shape index (κ1) is 28.1. The summed E-state index contributed by atoms with van der Waals surface area (Å²) >= 11 is 0. The third kappa shape index (κ3) is 5.93. The molecular formula is C31H38N2O4. The number of hydrogen-bond acceptors (Lipinski definition) is 4. The Morgan fingerprint density at radius 1 is 1.00 bits per heavy atom. The van der Waals surface area contributed by atoms with Gasteiger partial charge in [0.25, 0.3) is 5.91 Å². The molecule has 6 nitrogen and oxygen atoms in total. The number of carboxylic acid groups (broad SMARTS) is 1. The molecule has 6 heteroatoms. The van der Waals surface area contributed by atoms with Crippen molar-refractivity contribution in [2.75, 3.05) is 13.6 Å². The number of rotatable bonds is 8. The van der Waals surface area contributed by atoms with Crippen LogP contribution < -0.4 is 0 Å². The highest BCUT2D eigenvalue weighted by Gasteiger charge is 2.33. The largest absolute Gasteiger partial charge is 0.480 e. The molecule has 2 aromatic rings. The highest BCUT2D eigenvalue weighted by atomic mass is 16.4. The average molecular weight is 503 g/mol. The number of aliphatic carboxylic acids is 1. The van der Waals surface area contributed by atoms with Crippen molar-refractivity contribution < 1.29 is 14.7 Å². The SMILES string of the molecule is CCC(CC)(c1ccc(C#CC2(N=O)CCCCC2)c(C)c1)c1ccc(C(=O)N(C)CC(=O)O)c(C)c1. The summed E-state index contributed by atoms with van der Waals surface area (Å²) in [6, 6.07) is 12.2. The zero-order chi connectivity index (χ0) is 27.2. The zero-order valence-electron chi connectivity index (χ0n) is 22.7. The summed E-state index contributed by atoms with van der Waals surface area (Å²) in [6.45, 7) is 7.95. The molecule has 2 aromatic carbocycles. The number of benzene rings is 2. The highest BCUT2D eigenvalue weighted by molar-refractivity contribution is 5.97. The summed E-state index contributed by atoms with van der Waals surface area (Å²) in [6.07, 6.45) is 6.34. The van der Waals surface area contributed by atoms with Gasteiger partial charge in [-0.15, -0.1) is 4.91 Å². The molecular weight excluding hydrogens is 464 g/mol. The Hall–Kier alpha value is -3.46. The Morgan fingerprint density at radius 3 is 2.11 bits per heavy atom. The van der Waals surface area contributed by atoms with Gasteiger partial charge in [0.2, 0.25) is 0 Å². The Balaban J connectivity index is 1.96. The lowest BCUT2D eigenvalue weighted by Gasteiger charge is -2.34. The minimum absolute atomic E-state index is 0.245. The van der Waals surface area contributed by atoms with Crippen molar-refractivity contribution in [3.05, 3.63) is 74.7 Å². The van der Waals surface area contributed by atoms with Gasteiger partial charge < -0.3 is 10.0 Å². The van der Waals surface area contributed by atoms with E-state index in [-0.39, 0.29) is 17.9 Å².